The van der Waals surface area contributed by atoms with Crippen LogP contribution in [0, 0.1) is 18.6 Å². The highest BCUT2D eigenvalue weighted by molar-refractivity contribution is 6.06. The number of carbonyl (C=O) groups excluding carboxylic acids is 1. The van der Waals surface area contributed by atoms with E-state index < -0.39 is 23.6 Å². The maximum Gasteiger partial charge on any atom is 0.268 e. The largest absolute Gasteiger partial charge is 0.382 e. The second-order valence-electron chi connectivity index (χ2n) is 6.35. The van der Waals surface area contributed by atoms with Crippen LogP contribution in [0.2, 0.25) is 0 Å². The van der Waals surface area contributed by atoms with Crippen LogP contribution in [0.1, 0.15) is 17.5 Å². The predicted molar refractivity (Wildman–Crippen MR) is 96.5 cm³/mol. The van der Waals surface area contributed by atoms with Crippen molar-refractivity contribution in [3.8, 4) is 0 Å². The molecule has 136 valence electrons. The molecule has 0 saturated heterocycles. The SMILES string of the molecule is Cc1cc(NC(=O)C2CC(c3cc(F)ccc3F)=NO2)ccc1N(C)C. The summed E-state index contributed by atoms with van der Waals surface area (Å²) in [6.45, 7) is 1.95. The topological polar surface area (TPSA) is 53.9 Å². The van der Waals surface area contributed by atoms with Gasteiger partial charge in [0.2, 0.25) is 6.10 Å². The summed E-state index contributed by atoms with van der Waals surface area (Å²) < 4.78 is 27.2. The number of carbonyl (C=O) groups is 1. The number of aryl methyl sites for hydroxylation is 1. The first-order valence-corrected chi connectivity index (χ1v) is 8.12. The lowest BCUT2D eigenvalue weighted by atomic mass is 10.0. The van der Waals surface area contributed by atoms with Crippen molar-refractivity contribution in [2.45, 2.75) is 19.4 Å². The van der Waals surface area contributed by atoms with Crippen molar-refractivity contribution in [1.29, 1.82) is 0 Å². The summed E-state index contributed by atoms with van der Waals surface area (Å²) in [4.78, 5) is 19.5. The Hall–Kier alpha value is -2.96. The van der Waals surface area contributed by atoms with E-state index in [1.54, 1.807) is 6.07 Å². The number of benzene rings is 2. The summed E-state index contributed by atoms with van der Waals surface area (Å²) in [5, 5.41) is 6.51. The van der Waals surface area contributed by atoms with Gasteiger partial charge in [-0.2, -0.15) is 0 Å². The van der Waals surface area contributed by atoms with Crippen molar-refractivity contribution in [3.63, 3.8) is 0 Å². The Kier molecular flexibility index (Phi) is 4.88. The van der Waals surface area contributed by atoms with E-state index >= 15 is 0 Å². The number of amides is 1. The number of oxime groups is 1. The number of nitrogens with zero attached hydrogens (tertiary/aromatic N) is 2. The third-order valence-electron chi connectivity index (χ3n) is 4.15. The fraction of sp³-hybridized carbons (Fsp3) is 0.263. The molecule has 1 heterocycles. The van der Waals surface area contributed by atoms with Gasteiger partial charge < -0.3 is 15.1 Å². The van der Waals surface area contributed by atoms with Crippen LogP contribution in [-0.4, -0.2) is 31.8 Å². The van der Waals surface area contributed by atoms with Gasteiger partial charge in [-0.05, 0) is 48.9 Å². The van der Waals surface area contributed by atoms with Crippen LogP contribution >= 0.6 is 0 Å². The second-order valence-corrected chi connectivity index (χ2v) is 6.35. The smallest absolute Gasteiger partial charge is 0.268 e. The van der Waals surface area contributed by atoms with Gasteiger partial charge in [0.15, 0.2) is 0 Å². The molecular weight excluding hydrogens is 340 g/mol. The normalized spacial score (nSPS) is 16.0. The van der Waals surface area contributed by atoms with Crippen molar-refractivity contribution in [2.24, 2.45) is 5.16 Å². The number of hydrogen-bond acceptors (Lipinski definition) is 4. The van der Waals surface area contributed by atoms with Crippen LogP contribution in [-0.2, 0) is 9.63 Å². The fourth-order valence-electron chi connectivity index (χ4n) is 2.85. The van der Waals surface area contributed by atoms with Crippen LogP contribution in [0.15, 0.2) is 41.6 Å². The van der Waals surface area contributed by atoms with Crippen molar-refractivity contribution < 1.29 is 18.4 Å². The van der Waals surface area contributed by atoms with Gasteiger partial charge in [0.25, 0.3) is 5.91 Å². The Balaban J connectivity index is 1.67. The Morgan fingerprint density at radius 1 is 1.23 bits per heavy atom. The molecule has 1 aliphatic rings. The van der Waals surface area contributed by atoms with E-state index in [4.69, 9.17) is 4.84 Å². The van der Waals surface area contributed by atoms with Gasteiger partial charge in [0, 0.05) is 37.5 Å². The molecule has 1 atom stereocenters. The second kappa shape index (κ2) is 7.11. The van der Waals surface area contributed by atoms with Gasteiger partial charge in [-0.1, -0.05) is 5.16 Å². The van der Waals surface area contributed by atoms with Crippen molar-refractivity contribution in [1.82, 2.24) is 0 Å². The van der Waals surface area contributed by atoms with Gasteiger partial charge >= 0.3 is 0 Å². The molecule has 1 unspecified atom stereocenters. The summed E-state index contributed by atoms with van der Waals surface area (Å²) in [5.74, 6) is -1.57. The first-order valence-electron chi connectivity index (χ1n) is 8.12. The Bertz CT molecular complexity index is 881. The van der Waals surface area contributed by atoms with Gasteiger partial charge in [-0.3, -0.25) is 4.79 Å². The maximum absolute atomic E-state index is 13.8. The van der Waals surface area contributed by atoms with Gasteiger partial charge in [0.1, 0.15) is 11.6 Å². The molecular formula is C19H19F2N3O2. The molecule has 5 nitrogen and oxygen atoms in total. The zero-order valence-corrected chi connectivity index (χ0v) is 14.7. The molecule has 2 aromatic carbocycles. The van der Waals surface area contributed by atoms with Crippen molar-refractivity contribution in [2.75, 3.05) is 24.3 Å². The average molecular weight is 359 g/mol. The lowest BCUT2D eigenvalue weighted by Gasteiger charge is -2.17. The number of halogens is 2. The van der Waals surface area contributed by atoms with E-state index in [1.807, 2.05) is 38.1 Å². The lowest BCUT2D eigenvalue weighted by Crippen LogP contribution is -2.28. The molecule has 1 amide bonds. The molecule has 0 spiro atoms. The van der Waals surface area contributed by atoms with Crippen LogP contribution < -0.4 is 10.2 Å². The fourth-order valence-corrected chi connectivity index (χ4v) is 2.85. The lowest BCUT2D eigenvalue weighted by molar-refractivity contribution is -0.125. The summed E-state index contributed by atoms with van der Waals surface area (Å²) in [5.41, 5.74) is 2.91. The zero-order valence-electron chi connectivity index (χ0n) is 14.7. The van der Waals surface area contributed by atoms with Gasteiger partial charge in [-0.25, -0.2) is 8.78 Å². The molecule has 0 radical (unpaired) electrons. The van der Waals surface area contributed by atoms with Crippen molar-refractivity contribution in [3.05, 3.63) is 59.2 Å². The standard InChI is InChI=1S/C19H19F2N3O2/c1-11-8-13(5-7-17(11)24(2)3)22-19(25)18-10-16(23-26-18)14-9-12(20)4-6-15(14)21/h4-9,18H,10H2,1-3H3,(H,22,25). The van der Waals surface area contributed by atoms with E-state index in [2.05, 4.69) is 10.5 Å². The Labute approximate surface area is 150 Å². The van der Waals surface area contributed by atoms with E-state index in [9.17, 15) is 13.6 Å². The number of rotatable bonds is 4. The van der Waals surface area contributed by atoms with Crippen LogP contribution in [0.5, 0.6) is 0 Å². The Morgan fingerprint density at radius 3 is 2.69 bits per heavy atom. The predicted octanol–water partition coefficient (Wildman–Crippen LogP) is 3.47. The highest BCUT2D eigenvalue weighted by atomic mass is 19.1. The summed E-state index contributed by atoms with van der Waals surface area (Å²) in [7, 11) is 3.88. The van der Waals surface area contributed by atoms with E-state index in [1.165, 1.54) is 0 Å². The molecule has 0 saturated carbocycles. The van der Waals surface area contributed by atoms with Crippen LogP contribution in [0.4, 0.5) is 20.2 Å². The summed E-state index contributed by atoms with van der Waals surface area (Å²) >= 11 is 0. The average Bonchev–Trinajstić information content (AvgIpc) is 3.06. The number of anilines is 2. The first kappa shape index (κ1) is 17.8. The quantitative estimate of drug-likeness (QED) is 0.909. The van der Waals surface area contributed by atoms with Crippen LogP contribution in [0.25, 0.3) is 0 Å². The highest BCUT2D eigenvalue weighted by Crippen LogP contribution is 2.24. The molecule has 1 aliphatic heterocycles. The molecule has 2 aromatic rings. The van der Waals surface area contributed by atoms with Crippen LogP contribution in [0.3, 0.4) is 0 Å². The van der Waals surface area contributed by atoms with E-state index in [0.717, 1.165) is 29.4 Å². The summed E-state index contributed by atoms with van der Waals surface area (Å²) in [6, 6.07) is 8.65. The Morgan fingerprint density at radius 2 is 2.00 bits per heavy atom. The van der Waals surface area contributed by atoms with Crippen molar-refractivity contribution >= 4 is 23.0 Å². The molecule has 26 heavy (non-hydrogen) atoms. The molecule has 0 aliphatic carbocycles. The molecule has 0 fully saturated rings. The molecule has 1 N–H and O–H groups in total. The maximum atomic E-state index is 13.8. The molecule has 0 aromatic heterocycles. The third-order valence-corrected chi connectivity index (χ3v) is 4.15. The monoisotopic (exact) mass is 359 g/mol. The minimum absolute atomic E-state index is 0.00600. The third kappa shape index (κ3) is 3.66. The minimum atomic E-state index is -0.888. The van der Waals surface area contributed by atoms with E-state index in [0.29, 0.717) is 5.69 Å². The van der Waals surface area contributed by atoms with Gasteiger partial charge in [0.05, 0.1) is 5.71 Å². The molecule has 7 heteroatoms. The van der Waals surface area contributed by atoms with Gasteiger partial charge in [-0.15, -0.1) is 0 Å². The minimum Gasteiger partial charge on any atom is -0.382 e. The molecule has 3 rings (SSSR count). The summed E-state index contributed by atoms with van der Waals surface area (Å²) in [6.07, 6.45) is -0.817. The van der Waals surface area contributed by atoms with E-state index in [-0.39, 0.29) is 17.7 Å². The number of hydrogen-bond donors (Lipinski definition) is 1. The number of nitrogens with one attached hydrogen (secondary N) is 1. The highest BCUT2D eigenvalue weighted by Gasteiger charge is 2.30. The first-order chi connectivity index (χ1) is 12.3. The zero-order chi connectivity index (χ0) is 18.8. The molecule has 0 bridgehead atoms.